The third-order valence-electron chi connectivity index (χ3n) is 4.92. The zero-order valence-electron chi connectivity index (χ0n) is 18.7. The van der Waals surface area contributed by atoms with Crippen LogP contribution in [0.5, 0.6) is 5.75 Å². The SMILES string of the molecule is CCCCOc1ccc(C(=O)N(CCCC)c2nnc(-c3ccc(S(N)(=O)=O)cc3)s2)cc1. The average molecular weight is 489 g/mol. The number of hydrogen-bond donors (Lipinski definition) is 1. The molecule has 0 radical (unpaired) electrons. The van der Waals surface area contributed by atoms with E-state index in [-0.39, 0.29) is 10.8 Å². The second kappa shape index (κ2) is 11.4. The van der Waals surface area contributed by atoms with Crippen molar-refractivity contribution in [3.8, 4) is 16.3 Å². The molecular formula is C23H28N4O4S2. The Morgan fingerprint density at radius 3 is 2.27 bits per heavy atom. The molecule has 0 bridgehead atoms. The first-order valence-corrected chi connectivity index (χ1v) is 13.2. The lowest BCUT2D eigenvalue weighted by Crippen LogP contribution is -2.31. The number of nitrogens with zero attached hydrogens (tertiary/aromatic N) is 3. The lowest BCUT2D eigenvalue weighted by molar-refractivity contribution is 0.0986. The molecule has 0 spiro atoms. The van der Waals surface area contributed by atoms with Gasteiger partial charge in [-0.2, -0.15) is 0 Å². The van der Waals surface area contributed by atoms with Crippen molar-refractivity contribution in [2.75, 3.05) is 18.1 Å². The molecule has 2 aromatic carbocycles. The predicted octanol–water partition coefficient (Wildman–Crippen LogP) is 4.48. The first-order chi connectivity index (χ1) is 15.8. The molecule has 0 unspecified atom stereocenters. The van der Waals surface area contributed by atoms with Crippen molar-refractivity contribution in [2.24, 2.45) is 5.14 Å². The first kappa shape index (κ1) is 24.8. The van der Waals surface area contributed by atoms with Crippen LogP contribution < -0.4 is 14.8 Å². The van der Waals surface area contributed by atoms with Crippen LogP contribution in [0.25, 0.3) is 10.6 Å². The van der Waals surface area contributed by atoms with Crippen molar-refractivity contribution in [1.29, 1.82) is 0 Å². The summed E-state index contributed by atoms with van der Waals surface area (Å²) in [5.41, 5.74) is 1.24. The van der Waals surface area contributed by atoms with Crippen molar-refractivity contribution in [3.63, 3.8) is 0 Å². The third kappa shape index (κ3) is 6.59. The van der Waals surface area contributed by atoms with Gasteiger partial charge in [0, 0.05) is 17.7 Å². The molecule has 3 rings (SSSR count). The molecule has 33 heavy (non-hydrogen) atoms. The summed E-state index contributed by atoms with van der Waals surface area (Å²) in [6, 6.07) is 13.2. The van der Waals surface area contributed by atoms with Gasteiger partial charge in [-0.15, -0.1) is 10.2 Å². The van der Waals surface area contributed by atoms with Gasteiger partial charge in [-0.3, -0.25) is 9.69 Å². The van der Waals surface area contributed by atoms with E-state index in [4.69, 9.17) is 9.88 Å². The summed E-state index contributed by atoms with van der Waals surface area (Å²) in [6.45, 7) is 5.33. The molecular weight excluding hydrogens is 460 g/mol. The number of primary sulfonamides is 1. The molecule has 1 aromatic heterocycles. The molecule has 0 saturated heterocycles. The fourth-order valence-corrected chi connectivity index (χ4v) is 4.40. The number of nitrogens with two attached hydrogens (primary N) is 1. The lowest BCUT2D eigenvalue weighted by atomic mass is 10.2. The van der Waals surface area contributed by atoms with Crippen LogP contribution in [0.4, 0.5) is 5.13 Å². The zero-order chi connectivity index (χ0) is 23.8. The van der Waals surface area contributed by atoms with Crippen LogP contribution in [0, 0.1) is 0 Å². The van der Waals surface area contributed by atoms with E-state index < -0.39 is 10.0 Å². The number of amides is 1. The smallest absolute Gasteiger partial charge is 0.260 e. The monoisotopic (exact) mass is 488 g/mol. The van der Waals surface area contributed by atoms with Crippen molar-refractivity contribution < 1.29 is 17.9 Å². The van der Waals surface area contributed by atoms with E-state index in [1.54, 1.807) is 41.3 Å². The molecule has 1 amide bonds. The predicted molar refractivity (Wildman–Crippen MR) is 130 cm³/mol. The van der Waals surface area contributed by atoms with Gasteiger partial charge in [0.1, 0.15) is 10.8 Å². The van der Waals surface area contributed by atoms with Gasteiger partial charge in [-0.1, -0.05) is 50.2 Å². The van der Waals surface area contributed by atoms with Crippen molar-refractivity contribution in [1.82, 2.24) is 10.2 Å². The van der Waals surface area contributed by atoms with Gasteiger partial charge in [-0.25, -0.2) is 13.6 Å². The van der Waals surface area contributed by atoms with E-state index >= 15 is 0 Å². The maximum Gasteiger partial charge on any atom is 0.260 e. The number of anilines is 1. The van der Waals surface area contributed by atoms with E-state index in [9.17, 15) is 13.2 Å². The summed E-state index contributed by atoms with van der Waals surface area (Å²) in [5.74, 6) is 0.581. The topological polar surface area (TPSA) is 115 Å². The van der Waals surface area contributed by atoms with Crippen molar-refractivity contribution in [2.45, 2.75) is 44.4 Å². The van der Waals surface area contributed by atoms with Crippen LogP contribution in [0.1, 0.15) is 49.9 Å². The number of benzene rings is 2. The number of hydrogen-bond acceptors (Lipinski definition) is 7. The molecule has 10 heteroatoms. The highest BCUT2D eigenvalue weighted by Gasteiger charge is 2.22. The van der Waals surface area contributed by atoms with E-state index in [0.717, 1.165) is 31.4 Å². The summed E-state index contributed by atoms with van der Waals surface area (Å²) in [6.07, 6.45) is 3.79. The minimum atomic E-state index is -3.77. The summed E-state index contributed by atoms with van der Waals surface area (Å²) in [7, 11) is -3.77. The van der Waals surface area contributed by atoms with Gasteiger partial charge in [0.25, 0.3) is 5.91 Å². The van der Waals surface area contributed by atoms with E-state index in [2.05, 4.69) is 24.0 Å². The Morgan fingerprint density at radius 1 is 1.00 bits per heavy atom. The normalized spacial score (nSPS) is 11.4. The molecule has 0 atom stereocenters. The maximum absolute atomic E-state index is 13.3. The van der Waals surface area contributed by atoms with Crippen molar-refractivity contribution in [3.05, 3.63) is 54.1 Å². The van der Waals surface area contributed by atoms with Gasteiger partial charge < -0.3 is 4.74 Å². The quantitative estimate of drug-likeness (QED) is 0.398. The second-order valence-corrected chi connectivity index (χ2v) is 10.0. The summed E-state index contributed by atoms with van der Waals surface area (Å²) < 4.78 is 28.6. The minimum absolute atomic E-state index is 0.0258. The van der Waals surface area contributed by atoms with Crippen LogP contribution in [-0.2, 0) is 10.0 Å². The molecule has 3 aromatic rings. The molecule has 0 aliphatic heterocycles. The number of ether oxygens (including phenoxy) is 1. The summed E-state index contributed by atoms with van der Waals surface area (Å²) in [4.78, 5) is 14.9. The van der Waals surface area contributed by atoms with Crippen molar-refractivity contribution >= 4 is 32.4 Å². The molecule has 2 N–H and O–H groups in total. The van der Waals surface area contributed by atoms with Crippen LogP contribution in [0.3, 0.4) is 0 Å². The molecule has 0 aliphatic rings. The first-order valence-electron chi connectivity index (χ1n) is 10.8. The number of carbonyl (C=O) groups excluding carboxylic acids is 1. The third-order valence-corrected chi connectivity index (χ3v) is 6.85. The fourth-order valence-electron chi connectivity index (χ4n) is 3.01. The molecule has 0 saturated carbocycles. The van der Waals surface area contributed by atoms with Crippen LogP contribution in [0.2, 0.25) is 0 Å². The van der Waals surface area contributed by atoms with E-state index in [0.29, 0.717) is 34.4 Å². The van der Waals surface area contributed by atoms with Gasteiger partial charge in [0.2, 0.25) is 15.2 Å². The Kier molecular flexibility index (Phi) is 8.54. The molecule has 1 heterocycles. The Bertz CT molecular complexity index is 1160. The average Bonchev–Trinajstić information content (AvgIpc) is 3.29. The lowest BCUT2D eigenvalue weighted by Gasteiger charge is -2.19. The largest absolute Gasteiger partial charge is 0.494 e. The maximum atomic E-state index is 13.3. The second-order valence-electron chi connectivity index (χ2n) is 7.50. The molecule has 0 fully saturated rings. The van der Waals surface area contributed by atoms with Crippen LogP contribution in [0.15, 0.2) is 53.4 Å². The molecule has 0 aliphatic carbocycles. The highest BCUT2D eigenvalue weighted by Crippen LogP contribution is 2.30. The Labute approximate surface area is 198 Å². The number of rotatable bonds is 11. The number of carbonyl (C=O) groups is 1. The summed E-state index contributed by atoms with van der Waals surface area (Å²) in [5, 5.41) is 14.7. The molecule has 176 valence electrons. The highest BCUT2D eigenvalue weighted by atomic mass is 32.2. The van der Waals surface area contributed by atoms with Crippen LogP contribution in [-0.4, -0.2) is 37.7 Å². The van der Waals surface area contributed by atoms with Gasteiger partial charge in [0.05, 0.1) is 11.5 Å². The Morgan fingerprint density at radius 2 is 1.67 bits per heavy atom. The van der Waals surface area contributed by atoms with E-state index in [1.165, 1.54) is 23.5 Å². The number of aromatic nitrogens is 2. The Hall–Kier alpha value is -2.82. The van der Waals surface area contributed by atoms with Crippen LogP contribution >= 0.6 is 11.3 Å². The van der Waals surface area contributed by atoms with E-state index in [1.807, 2.05) is 0 Å². The van der Waals surface area contributed by atoms with Gasteiger partial charge >= 0.3 is 0 Å². The number of unbranched alkanes of at least 4 members (excludes halogenated alkanes) is 2. The van der Waals surface area contributed by atoms with Gasteiger partial charge in [0.15, 0.2) is 0 Å². The highest BCUT2D eigenvalue weighted by molar-refractivity contribution is 7.89. The zero-order valence-corrected chi connectivity index (χ0v) is 20.4. The standard InChI is InChI=1S/C23H28N4O4S2/c1-3-5-15-27(22(28)18-7-11-19(12-8-18)31-16-6-4-2)23-26-25-21(32-23)17-9-13-20(14-10-17)33(24,29)30/h7-14H,3-6,15-16H2,1-2H3,(H2,24,29,30). The Balaban J connectivity index is 1.80. The fraction of sp³-hybridized carbons (Fsp3) is 0.348. The summed E-state index contributed by atoms with van der Waals surface area (Å²) >= 11 is 1.28. The number of sulfonamides is 1. The van der Waals surface area contributed by atoms with Gasteiger partial charge in [-0.05, 0) is 49.2 Å². The minimum Gasteiger partial charge on any atom is -0.494 e. The molecule has 8 nitrogen and oxygen atoms in total.